The summed E-state index contributed by atoms with van der Waals surface area (Å²) in [5.74, 6) is 0.814. The van der Waals surface area contributed by atoms with E-state index in [1.165, 1.54) is 0 Å². The largest absolute Gasteiger partial charge is 0.491 e. The molecule has 0 amide bonds. The van der Waals surface area contributed by atoms with Gasteiger partial charge in [0, 0.05) is 11.6 Å². The van der Waals surface area contributed by atoms with Gasteiger partial charge in [-0.25, -0.2) is 0 Å². The number of para-hydroxylation sites is 1. The molecule has 0 aliphatic rings. The van der Waals surface area contributed by atoms with Gasteiger partial charge in [0.05, 0.1) is 19.8 Å². The minimum Gasteiger partial charge on any atom is -0.491 e. The summed E-state index contributed by atoms with van der Waals surface area (Å²) < 4.78 is 10.7. The lowest BCUT2D eigenvalue weighted by atomic mass is 10.0. The SMILES string of the molecule is CC[C@H](N)c1ccccc1OCCOCCO. The zero-order valence-corrected chi connectivity index (χ0v) is 10.3. The van der Waals surface area contributed by atoms with E-state index in [4.69, 9.17) is 20.3 Å². The summed E-state index contributed by atoms with van der Waals surface area (Å²) in [7, 11) is 0. The molecule has 1 aromatic carbocycles. The van der Waals surface area contributed by atoms with Crippen LogP contribution in [0.1, 0.15) is 24.9 Å². The quantitative estimate of drug-likeness (QED) is 0.674. The summed E-state index contributed by atoms with van der Waals surface area (Å²) in [5.41, 5.74) is 7.03. The van der Waals surface area contributed by atoms with Crippen LogP contribution in [0, 0.1) is 0 Å². The Morgan fingerprint density at radius 3 is 2.71 bits per heavy atom. The lowest BCUT2D eigenvalue weighted by Gasteiger charge is -2.15. The predicted octanol–water partition coefficient (Wildman–Crippen LogP) is 1.48. The Labute approximate surface area is 102 Å². The van der Waals surface area contributed by atoms with Gasteiger partial charge in [0.2, 0.25) is 0 Å². The maximum Gasteiger partial charge on any atom is 0.124 e. The summed E-state index contributed by atoms with van der Waals surface area (Å²) in [6.07, 6.45) is 0.876. The van der Waals surface area contributed by atoms with Gasteiger partial charge in [-0.1, -0.05) is 25.1 Å². The number of rotatable bonds is 8. The fourth-order valence-corrected chi connectivity index (χ4v) is 1.52. The Hall–Kier alpha value is -1.10. The zero-order chi connectivity index (χ0) is 12.5. The number of hydrogen-bond acceptors (Lipinski definition) is 4. The topological polar surface area (TPSA) is 64.7 Å². The summed E-state index contributed by atoms with van der Waals surface area (Å²) in [6, 6.07) is 7.79. The van der Waals surface area contributed by atoms with Crippen LogP contribution in [0.15, 0.2) is 24.3 Å². The maximum atomic E-state index is 8.55. The van der Waals surface area contributed by atoms with E-state index in [0.717, 1.165) is 17.7 Å². The maximum absolute atomic E-state index is 8.55. The van der Waals surface area contributed by atoms with Crippen LogP contribution in [0.25, 0.3) is 0 Å². The van der Waals surface area contributed by atoms with Crippen molar-refractivity contribution >= 4 is 0 Å². The van der Waals surface area contributed by atoms with Crippen LogP contribution in [0.3, 0.4) is 0 Å². The molecule has 3 N–H and O–H groups in total. The van der Waals surface area contributed by atoms with Crippen LogP contribution in [0.2, 0.25) is 0 Å². The molecule has 4 heteroatoms. The van der Waals surface area contributed by atoms with Gasteiger partial charge >= 0.3 is 0 Å². The van der Waals surface area contributed by atoms with Crippen molar-refractivity contribution in [3.8, 4) is 5.75 Å². The number of aliphatic hydroxyl groups excluding tert-OH is 1. The van der Waals surface area contributed by atoms with Gasteiger partial charge in [0.1, 0.15) is 12.4 Å². The predicted molar refractivity (Wildman–Crippen MR) is 67.1 cm³/mol. The smallest absolute Gasteiger partial charge is 0.124 e. The van der Waals surface area contributed by atoms with Crippen molar-refractivity contribution in [2.24, 2.45) is 5.73 Å². The molecule has 1 aromatic rings. The molecule has 1 atom stereocenters. The second-order valence-corrected chi connectivity index (χ2v) is 3.74. The van der Waals surface area contributed by atoms with E-state index < -0.39 is 0 Å². The third-order valence-corrected chi connectivity index (χ3v) is 2.48. The minimum atomic E-state index is 0.00422. The van der Waals surface area contributed by atoms with Crippen LogP contribution in [0.5, 0.6) is 5.75 Å². The van der Waals surface area contributed by atoms with Crippen molar-refractivity contribution in [2.45, 2.75) is 19.4 Å². The van der Waals surface area contributed by atoms with Gasteiger partial charge in [0.15, 0.2) is 0 Å². The molecule has 0 saturated heterocycles. The Morgan fingerprint density at radius 2 is 2.00 bits per heavy atom. The number of hydrogen-bond donors (Lipinski definition) is 2. The third kappa shape index (κ3) is 4.73. The standard InChI is InChI=1S/C13H21NO3/c1-2-12(14)11-5-3-4-6-13(11)17-10-9-16-8-7-15/h3-6,12,15H,2,7-10,14H2,1H3/t12-/m0/s1. The number of nitrogens with two attached hydrogens (primary N) is 1. The zero-order valence-electron chi connectivity index (χ0n) is 10.3. The fraction of sp³-hybridized carbons (Fsp3) is 0.538. The first-order chi connectivity index (χ1) is 8.29. The van der Waals surface area contributed by atoms with Crippen molar-refractivity contribution < 1.29 is 14.6 Å². The molecule has 0 unspecified atom stereocenters. The van der Waals surface area contributed by atoms with Crippen molar-refractivity contribution in [2.75, 3.05) is 26.4 Å². The molecule has 0 fully saturated rings. The highest BCUT2D eigenvalue weighted by molar-refractivity contribution is 5.35. The Morgan fingerprint density at radius 1 is 1.24 bits per heavy atom. The molecular formula is C13H21NO3. The average molecular weight is 239 g/mol. The van der Waals surface area contributed by atoms with Crippen LogP contribution < -0.4 is 10.5 Å². The third-order valence-electron chi connectivity index (χ3n) is 2.48. The molecule has 0 saturated carbocycles. The van der Waals surface area contributed by atoms with Gasteiger partial charge in [0.25, 0.3) is 0 Å². The summed E-state index contributed by atoms with van der Waals surface area (Å²) >= 11 is 0. The van der Waals surface area contributed by atoms with Gasteiger partial charge in [-0.2, -0.15) is 0 Å². The number of ether oxygens (including phenoxy) is 2. The highest BCUT2D eigenvalue weighted by Crippen LogP contribution is 2.25. The normalized spacial score (nSPS) is 12.4. The lowest BCUT2D eigenvalue weighted by Crippen LogP contribution is -2.13. The van der Waals surface area contributed by atoms with Crippen LogP contribution in [-0.2, 0) is 4.74 Å². The first kappa shape index (κ1) is 14.0. The number of benzene rings is 1. The van der Waals surface area contributed by atoms with Crippen molar-refractivity contribution in [3.05, 3.63) is 29.8 Å². The molecule has 17 heavy (non-hydrogen) atoms. The molecule has 96 valence electrons. The van der Waals surface area contributed by atoms with Gasteiger partial charge in [-0.3, -0.25) is 0 Å². The molecule has 0 aliphatic heterocycles. The Kier molecular flexibility index (Phi) is 6.62. The van der Waals surface area contributed by atoms with E-state index in [1.54, 1.807) is 0 Å². The minimum absolute atomic E-state index is 0.00422. The monoisotopic (exact) mass is 239 g/mol. The highest BCUT2D eigenvalue weighted by atomic mass is 16.5. The van der Waals surface area contributed by atoms with Crippen LogP contribution in [0.4, 0.5) is 0 Å². The summed E-state index contributed by atoms with van der Waals surface area (Å²) in [6.45, 7) is 3.37. The van der Waals surface area contributed by atoms with Gasteiger partial charge in [-0.15, -0.1) is 0 Å². The molecule has 0 aliphatic carbocycles. The van der Waals surface area contributed by atoms with Crippen LogP contribution in [-0.4, -0.2) is 31.5 Å². The molecular weight excluding hydrogens is 218 g/mol. The van der Waals surface area contributed by atoms with E-state index in [9.17, 15) is 0 Å². The number of aliphatic hydroxyl groups is 1. The summed E-state index contributed by atoms with van der Waals surface area (Å²) in [4.78, 5) is 0. The average Bonchev–Trinajstić information content (AvgIpc) is 2.38. The molecule has 0 aromatic heterocycles. The molecule has 0 heterocycles. The highest BCUT2D eigenvalue weighted by Gasteiger charge is 2.09. The lowest BCUT2D eigenvalue weighted by molar-refractivity contribution is 0.0702. The molecule has 0 spiro atoms. The van der Waals surface area contributed by atoms with Crippen molar-refractivity contribution in [3.63, 3.8) is 0 Å². The van der Waals surface area contributed by atoms with E-state index in [2.05, 4.69) is 0 Å². The van der Waals surface area contributed by atoms with Crippen LogP contribution >= 0.6 is 0 Å². The second-order valence-electron chi connectivity index (χ2n) is 3.74. The molecule has 0 radical (unpaired) electrons. The van der Waals surface area contributed by atoms with E-state index in [1.807, 2.05) is 31.2 Å². The molecule has 0 bridgehead atoms. The first-order valence-electron chi connectivity index (χ1n) is 5.95. The Bertz CT molecular complexity index is 317. The van der Waals surface area contributed by atoms with E-state index in [-0.39, 0.29) is 12.6 Å². The molecule has 4 nitrogen and oxygen atoms in total. The second kappa shape index (κ2) is 8.06. The Balaban J connectivity index is 2.46. The fourth-order valence-electron chi connectivity index (χ4n) is 1.52. The van der Waals surface area contributed by atoms with Gasteiger partial charge < -0.3 is 20.3 Å². The molecule has 1 rings (SSSR count). The van der Waals surface area contributed by atoms with Crippen molar-refractivity contribution in [1.82, 2.24) is 0 Å². The summed E-state index contributed by atoms with van der Waals surface area (Å²) in [5, 5.41) is 8.55. The van der Waals surface area contributed by atoms with E-state index >= 15 is 0 Å². The van der Waals surface area contributed by atoms with Crippen molar-refractivity contribution in [1.29, 1.82) is 0 Å². The van der Waals surface area contributed by atoms with E-state index in [0.29, 0.717) is 19.8 Å². The van der Waals surface area contributed by atoms with Gasteiger partial charge in [-0.05, 0) is 12.5 Å². The first-order valence-corrected chi connectivity index (χ1v) is 5.95.